The third-order valence-electron chi connectivity index (χ3n) is 3.85. The number of rotatable bonds is 2. The number of hydrogen-bond donors (Lipinski definition) is 1. The average molecular weight is 347 g/mol. The summed E-state index contributed by atoms with van der Waals surface area (Å²) in [6.45, 7) is 1.48. The van der Waals surface area contributed by atoms with Crippen LogP contribution in [0.15, 0.2) is 22.7 Å². The molecular formula is C14H17BrClNO2. The Morgan fingerprint density at radius 3 is 2.53 bits per heavy atom. The van der Waals surface area contributed by atoms with Crippen molar-refractivity contribution in [1.82, 2.24) is 0 Å². The largest absolute Gasteiger partial charge is 0.382 e. The van der Waals surface area contributed by atoms with E-state index in [1.165, 1.54) is 0 Å². The van der Waals surface area contributed by atoms with Crippen LogP contribution >= 0.6 is 27.5 Å². The molecule has 1 aliphatic heterocycles. The first kappa shape index (κ1) is 13.7. The highest BCUT2D eigenvalue weighted by Gasteiger charge is 2.40. The van der Waals surface area contributed by atoms with Gasteiger partial charge in [0.05, 0.1) is 18.2 Å². The minimum Gasteiger partial charge on any atom is -0.382 e. The van der Waals surface area contributed by atoms with Gasteiger partial charge in [0.25, 0.3) is 0 Å². The molecule has 0 unspecified atom stereocenters. The lowest BCUT2D eigenvalue weighted by molar-refractivity contribution is -0.177. The summed E-state index contributed by atoms with van der Waals surface area (Å²) in [5.41, 5.74) is 1.10. The van der Waals surface area contributed by atoms with E-state index in [9.17, 15) is 0 Å². The second kappa shape index (κ2) is 5.60. The Morgan fingerprint density at radius 2 is 1.89 bits per heavy atom. The molecule has 3 rings (SSSR count). The van der Waals surface area contributed by atoms with Crippen molar-refractivity contribution in [1.29, 1.82) is 0 Å². The lowest BCUT2D eigenvalue weighted by Gasteiger charge is -2.36. The van der Waals surface area contributed by atoms with E-state index in [0.717, 1.165) is 54.1 Å². The van der Waals surface area contributed by atoms with E-state index in [2.05, 4.69) is 21.2 Å². The predicted molar refractivity (Wildman–Crippen MR) is 79.7 cm³/mol. The van der Waals surface area contributed by atoms with Crippen molar-refractivity contribution in [2.75, 3.05) is 18.5 Å². The molecule has 2 fully saturated rings. The average Bonchev–Trinajstić information content (AvgIpc) is 2.86. The quantitative estimate of drug-likeness (QED) is 0.870. The van der Waals surface area contributed by atoms with E-state index in [4.69, 9.17) is 21.1 Å². The standard InChI is InChI=1S/C14H17BrClNO2/c15-12-9-11(1-2-13(12)16)17-10-3-5-14(6-4-10)18-7-8-19-14/h1-2,9-10,17H,3-8H2. The van der Waals surface area contributed by atoms with Crippen LogP contribution in [0.4, 0.5) is 5.69 Å². The molecule has 1 saturated heterocycles. The van der Waals surface area contributed by atoms with Gasteiger partial charge in [-0.2, -0.15) is 0 Å². The lowest BCUT2D eigenvalue weighted by Crippen LogP contribution is -2.39. The van der Waals surface area contributed by atoms with Gasteiger partial charge in [-0.05, 0) is 47.0 Å². The van der Waals surface area contributed by atoms with Gasteiger partial charge in [0.1, 0.15) is 0 Å². The van der Waals surface area contributed by atoms with Crippen LogP contribution in [-0.2, 0) is 9.47 Å². The lowest BCUT2D eigenvalue weighted by atomic mass is 9.90. The first-order valence-electron chi connectivity index (χ1n) is 6.66. The van der Waals surface area contributed by atoms with E-state index in [1.807, 2.05) is 18.2 Å². The molecule has 1 spiro atoms. The molecule has 1 aromatic rings. The van der Waals surface area contributed by atoms with Gasteiger partial charge < -0.3 is 14.8 Å². The zero-order valence-corrected chi connectivity index (χ0v) is 13.0. The highest BCUT2D eigenvalue weighted by Crippen LogP contribution is 2.37. The van der Waals surface area contributed by atoms with E-state index in [0.29, 0.717) is 6.04 Å². The molecule has 19 heavy (non-hydrogen) atoms. The first-order chi connectivity index (χ1) is 9.17. The summed E-state index contributed by atoms with van der Waals surface area (Å²) in [6, 6.07) is 6.42. The Balaban J connectivity index is 1.58. The summed E-state index contributed by atoms with van der Waals surface area (Å²) >= 11 is 9.45. The summed E-state index contributed by atoms with van der Waals surface area (Å²) in [6.07, 6.45) is 4.08. The third kappa shape index (κ3) is 3.07. The number of halogens is 2. The molecule has 0 atom stereocenters. The molecule has 1 N–H and O–H groups in total. The molecule has 3 nitrogen and oxygen atoms in total. The number of ether oxygens (including phenoxy) is 2. The van der Waals surface area contributed by atoms with E-state index < -0.39 is 0 Å². The Bertz CT molecular complexity index is 453. The summed E-state index contributed by atoms with van der Waals surface area (Å²) < 4.78 is 12.4. The molecule has 0 bridgehead atoms. The van der Waals surface area contributed by atoms with Crippen molar-refractivity contribution in [3.8, 4) is 0 Å². The maximum atomic E-state index is 6.00. The minimum absolute atomic E-state index is 0.279. The maximum Gasteiger partial charge on any atom is 0.168 e. The van der Waals surface area contributed by atoms with Gasteiger partial charge in [-0.3, -0.25) is 0 Å². The number of hydrogen-bond acceptors (Lipinski definition) is 3. The van der Waals surface area contributed by atoms with Crippen LogP contribution in [0.3, 0.4) is 0 Å². The fraction of sp³-hybridized carbons (Fsp3) is 0.571. The molecule has 104 valence electrons. The highest BCUT2D eigenvalue weighted by molar-refractivity contribution is 9.10. The van der Waals surface area contributed by atoms with E-state index in [1.54, 1.807) is 0 Å². The van der Waals surface area contributed by atoms with Crippen LogP contribution in [0.5, 0.6) is 0 Å². The molecule has 0 aromatic heterocycles. The van der Waals surface area contributed by atoms with Crippen LogP contribution in [0.1, 0.15) is 25.7 Å². The van der Waals surface area contributed by atoms with Crippen LogP contribution in [0.2, 0.25) is 5.02 Å². The van der Waals surface area contributed by atoms with Crippen LogP contribution in [0.25, 0.3) is 0 Å². The Kier molecular flexibility index (Phi) is 4.03. The van der Waals surface area contributed by atoms with Crippen molar-refractivity contribution >= 4 is 33.2 Å². The molecule has 1 aliphatic carbocycles. The molecule has 1 heterocycles. The van der Waals surface area contributed by atoms with Crippen molar-refractivity contribution < 1.29 is 9.47 Å². The predicted octanol–water partition coefficient (Wildman–Crippen LogP) is 4.20. The second-order valence-corrected chi connectivity index (χ2v) is 6.42. The van der Waals surface area contributed by atoms with Crippen molar-refractivity contribution in [2.45, 2.75) is 37.5 Å². The van der Waals surface area contributed by atoms with Gasteiger partial charge in [-0.1, -0.05) is 11.6 Å². The molecule has 0 amide bonds. The fourth-order valence-corrected chi connectivity index (χ4v) is 3.31. The van der Waals surface area contributed by atoms with Gasteiger partial charge in [0.2, 0.25) is 0 Å². The molecular weight excluding hydrogens is 330 g/mol. The third-order valence-corrected chi connectivity index (χ3v) is 5.07. The van der Waals surface area contributed by atoms with Crippen molar-refractivity contribution in [3.63, 3.8) is 0 Å². The number of anilines is 1. The van der Waals surface area contributed by atoms with E-state index in [-0.39, 0.29) is 5.79 Å². The van der Waals surface area contributed by atoms with Crippen molar-refractivity contribution in [2.24, 2.45) is 0 Å². The summed E-state index contributed by atoms with van der Waals surface area (Å²) in [4.78, 5) is 0. The zero-order chi connectivity index (χ0) is 13.3. The topological polar surface area (TPSA) is 30.5 Å². The SMILES string of the molecule is Clc1ccc(NC2CCC3(CC2)OCCO3)cc1Br. The first-order valence-corrected chi connectivity index (χ1v) is 7.83. The van der Waals surface area contributed by atoms with Gasteiger partial charge in [-0.25, -0.2) is 0 Å². The Labute approximate surface area is 126 Å². The van der Waals surface area contributed by atoms with Crippen LogP contribution in [0, 0.1) is 0 Å². The Hall–Kier alpha value is -0.290. The van der Waals surface area contributed by atoms with E-state index >= 15 is 0 Å². The molecule has 0 radical (unpaired) electrons. The van der Waals surface area contributed by atoms with Gasteiger partial charge >= 0.3 is 0 Å². The summed E-state index contributed by atoms with van der Waals surface area (Å²) in [5, 5.41) is 4.29. The van der Waals surface area contributed by atoms with Crippen molar-refractivity contribution in [3.05, 3.63) is 27.7 Å². The summed E-state index contributed by atoms with van der Waals surface area (Å²) in [5.74, 6) is -0.279. The number of nitrogens with one attached hydrogen (secondary N) is 1. The van der Waals surface area contributed by atoms with Gasteiger partial charge in [0, 0.05) is 29.0 Å². The maximum absolute atomic E-state index is 6.00. The normalized spacial score (nSPS) is 22.8. The summed E-state index contributed by atoms with van der Waals surface area (Å²) in [7, 11) is 0. The molecule has 5 heteroatoms. The van der Waals surface area contributed by atoms with Crippen LogP contribution < -0.4 is 5.32 Å². The van der Waals surface area contributed by atoms with Gasteiger partial charge in [0.15, 0.2) is 5.79 Å². The smallest absolute Gasteiger partial charge is 0.168 e. The second-order valence-electron chi connectivity index (χ2n) is 5.16. The minimum atomic E-state index is -0.279. The fourth-order valence-electron chi connectivity index (χ4n) is 2.81. The molecule has 2 aliphatic rings. The van der Waals surface area contributed by atoms with Gasteiger partial charge in [-0.15, -0.1) is 0 Å². The van der Waals surface area contributed by atoms with Crippen LogP contribution in [-0.4, -0.2) is 25.0 Å². The number of benzene rings is 1. The monoisotopic (exact) mass is 345 g/mol. The zero-order valence-electron chi connectivity index (χ0n) is 10.6. The highest BCUT2D eigenvalue weighted by atomic mass is 79.9. The molecule has 1 aromatic carbocycles. The molecule has 1 saturated carbocycles. The Morgan fingerprint density at radius 1 is 1.21 bits per heavy atom.